The van der Waals surface area contributed by atoms with E-state index < -0.39 is 10.8 Å². The molecule has 1 aromatic heterocycles. The monoisotopic (exact) mass is 292 g/mol. The van der Waals surface area contributed by atoms with Gasteiger partial charge in [0.25, 0.3) is 11.6 Å². The molecular weight excluding hydrogens is 272 g/mol. The van der Waals surface area contributed by atoms with Crippen LogP contribution in [0.4, 0.5) is 11.5 Å². The van der Waals surface area contributed by atoms with Crippen molar-refractivity contribution in [2.45, 2.75) is 39.2 Å². The number of carbonyl (C=O) groups is 1. The maximum Gasteiger partial charge on any atom is 0.288 e. The van der Waals surface area contributed by atoms with E-state index in [9.17, 15) is 14.9 Å². The third kappa shape index (κ3) is 3.48. The Morgan fingerprint density at radius 1 is 1.48 bits per heavy atom. The Morgan fingerprint density at radius 2 is 2.19 bits per heavy atom. The smallest absolute Gasteiger partial charge is 0.288 e. The third-order valence-electron chi connectivity index (χ3n) is 4.11. The summed E-state index contributed by atoms with van der Waals surface area (Å²) in [4.78, 5) is 26.2. The fourth-order valence-corrected chi connectivity index (χ4v) is 2.87. The predicted molar refractivity (Wildman–Crippen MR) is 78.7 cm³/mol. The van der Waals surface area contributed by atoms with Crippen molar-refractivity contribution in [3.63, 3.8) is 0 Å². The van der Waals surface area contributed by atoms with E-state index in [-0.39, 0.29) is 23.1 Å². The van der Waals surface area contributed by atoms with Crippen LogP contribution >= 0.6 is 0 Å². The maximum absolute atomic E-state index is 12.3. The summed E-state index contributed by atoms with van der Waals surface area (Å²) in [5, 5.41) is 13.7. The van der Waals surface area contributed by atoms with Crippen molar-refractivity contribution >= 4 is 17.4 Å². The van der Waals surface area contributed by atoms with Crippen LogP contribution in [0.2, 0.25) is 0 Å². The highest BCUT2D eigenvalue weighted by Crippen LogP contribution is 2.29. The molecule has 2 rings (SSSR count). The Labute approximate surface area is 123 Å². The van der Waals surface area contributed by atoms with Gasteiger partial charge >= 0.3 is 0 Å². The summed E-state index contributed by atoms with van der Waals surface area (Å²) >= 11 is 0. The number of rotatable bonds is 3. The minimum Gasteiger partial charge on any atom is -0.383 e. The highest BCUT2D eigenvalue weighted by molar-refractivity contribution is 5.99. The van der Waals surface area contributed by atoms with Crippen molar-refractivity contribution in [2.24, 2.45) is 11.8 Å². The second kappa shape index (κ2) is 6.07. The molecule has 1 saturated carbocycles. The van der Waals surface area contributed by atoms with Crippen LogP contribution in [0.1, 0.15) is 43.5 Å². The van der Waals surface area contributed by atoms with Gasteiger partial charge in [-0.3, -0.25) is 14.9 Å². The molecule has 0 radical (unpaired) electrons. The first-order valence-electron chi connectivity index (χ1n) is 7.09. The molecule has 1 aliphatic rings. The van der Waals surface area contributed by atoms with E-state index in [1.54, 1.807) is 0 Å². The minimum absolute atomic E-state index is 0.00919. The van der Waals surface area contributed by atoms with Crippen LogP contribution in [-0.4, -0.2) is 21.9 Å². The number of hydrogen-bond donors (Lipinski definition) is 2. The molecule has 1 heterocycles. The number of nitrogens with zero attached hydrogens (tertiary/aromatic N) is 2. The lowest BCUT2D eigenvalue weighted by Crippen LogP contribution is -2.42. The normalized spacial score (nSPS) is 25.3. The van der Waals surface area contributed by atoms with Crippen molar-refractivity contribution in [1.82, 2.24) is 10.3 Å². The third-order valence-corrected chi connectivity index (χ3v) is 4.11. The summed E-state index contributed by atoms with van der Waals surface area (Å²) in [5.74, 6) is 0.660. The van der Waals surface area contributed by atoms with E-state index in [2.05, 4.69) is 24.1 Å². The largest absolute Gasteiger partial charge is 0.383 e. The van der Waals surface area contributed by atoms with Crippen molar-refractivity contribution in [3.05, 3.63) is 27.9 Å². The van der Waals surface area contributed by atoms with Gasteiger partial charge in [0, 0.05) is 12.1 Å². The molecule has 1 aliphatic carbocycles. The number of nitro groups is 1. The minimum atomic E-state index is -0.589. The van der Waals surface area contributed by atoms with Crippen LogP contribution in [0.25, 0.3) is 0 Å². The van der Waals surface area contributed by atoms with Gasteiger partial charge in [0.05, 0.1) is 10.5 Å². The van der Waals surface area contributed by atoms with Crippen LogP contribution in [0.15, 0.2) is 12.3 Å². The van der Waals surface area contributed by atoms with Gasteiger partial charge in [-0.2, -0.15) is 0 Å². The van der Waals surface area contributed by atoms with Gasteiger partial charge in [-0.05, 0) is 31.1 Å². The lowest BCUT2D eigenvalue weighted by molar-refractivity contribution is -0.385. The maximum atomic E-state index is 12.3. The second-order valence-electron chi connectivity index (χ2n) is 5.86. The van der Waals surface area contributed by atoms with E-state index in [0.29, 0.717) is 11.8 Å². The number of nitrogen functional groups attached to an aromatic ring is 1. The fourth-order valence-electron chi connectivity index (χ4n) is 2.87. The molecule has 1 aromatic rings. The molecule has 0 aromatic carbocycles. The zero-order valence-corrected chi connectivity index (χ0v) is 12.2. The highest BCUT2D eigenvalue weighted by atomic mass is 16.6. The standard InChI is InChI=1S/C14H20N4O3/c1-8-3-4-12(9(2)5-8)17-14(19)11-6-10(18(20)21)7-16-13(11)15/h6-9,12H,3-5H2,1-2H3,(H2,15,16)(H,17,19). The first-order valence-corrected chi connectivity index (χ1v) is 7.09. The predicted octanol–water partition coefficient (Wildman–Crippen LogP) is 2.13. The average Bonchev–Trinajstić information content (AvgIpc) is 2.42. The first-order chi connectivity index (χ1) is 9.88. The highest BCUT2D eigenvalue weighted by Gasteiger charge is 2.27. The van der Waals surface area contributed by atoms with E-state index in [4.69, 9.17) is 5.73 Å². The number of amides is 1. The number of nitrogens with two attached hydrogens (primary N) is 1. The Kier molecular flexibility index (Phi) is 4.40. The van der Waals surface area contributed by atoms with E-state index in [1.165, 1.54) is 6.07 Å². The summed E-state index contributed by atoms with van der Waals surface area (Å²) in [6.45, 7) is 4.31. The molecule has 0 bridgehead atoms. The number of nitrogens with one attached hydrogen (secondary N) is 1. The molecule has 0 aliphatic heterocycles. The Hall–Kier alpha value is -2.18. The summed E-state index contributed by atoms with van der Waals surface area (Å²) in [6, 6.07) is 1.25. The van der Waals surface area contributed by atoms with Crippen LogP contribution in [-0.2, 0) is 0 Å². The van der Waals surface area contributed by atoms with Crippen molar-refractivity contribution < 1.29 is 9.72 Å². The van der Waals surface area contributed by atoms with Crippen molar-refractivity contribution in [3.8, 4) is 0 Å². The molecule has 0 saturated heterocycles. The number of hydrogen-bond acceptors (Lipinski definition) is 5. The van der Waals surface area contributed by atoms with Gasteiger partial charge in [0.1, 0.15) is 12.0 Å². The average molecular weight is 292 g/mol. The summed E-state index contributed by atoms with van der Waals surface area (Å²) in [6.07, 6.45) is 4.10. The van der Waals surface area contributed by atoms with Crippen molar-refractivity contribution in [1.29, 1.82) is 0 Å². The fraction of sp³-hybridized carbons (Fsp3) is 0.571. The first kappa shape index (κ1) is 15.2. The molecule has 21 heavy (non-hydrogen) atoms. The lowest BCUT2D eigenvalue weighted by atomic mass is 9.80. The van der Waals surface area contributed by atoms with E-state index >= 15 is 0 Å². The van der Waals surface area contributed by atoms with Gasteiger partial charge < -0.3 is 11.1 Å². The van der Waals surface area contributed by atoms with Gasteiger partial charge in [-0.25, -0.2) is 4.98 Å². The van der Waals surface area contributed by atoms with Gasteiger partial charge in [0.15, 0.2) is 0 Å². The molecule has 3 N–H and O–H groups in total. The Morgan fingerprint density at radius 3 is 2.81 bits per heavy atom. The summed E-state index contributed by atoms with van der Waals surface area (Å²) in [5.41, 5.74) is 5.49. The number of carbonyl (C=O) groups excluding carboxylic acids is 1. The SMILES string of the molecule is CC1CCC(NC(=O)c2cc([N+](=O)[O-])cnc2N)C(C)C1. The number of anilines is 1. The quantitative estimate of drug-likeness (QED) is 0.654. The van der Waals surface area contributed by atoms with E-state index in [1.807, 2.05) is 0 Å². The van der Waals surface area contributed by atoms with Gasteiger partial charge in [0.2, 0.25) is 0 Å². The summed E-state index contributed by atoms with van der Waals surface area (Å²) < 4.78 is 0. The molecule has 3 unspecified atom stereocenters. The van der Waals surface area contributed by atoms with Gasteiger partial charge in [-0.1, -0.05) is 13.8 Å². The molecule has 7 heteroatoms. The van der Waals surface area contributed by atoms with Crippen LogP contribution in [0.3, 0.4) is 0 Å². The molecule has 1 amide bonds. The Bertz CT molecular complexity index is 561. The Balaban J connectivity index is 2.13. The zero-order valence-electron chi connectivity index (χ0n) is 12.2. The lowest BCUT2D eigenvalue weighted by Gasteiger charge is -2.33. The second-order valence-corrected chi connectivity index (χ2v) is 5.86. The molecule has 114 valence electrons. The summed E-state index contributed by atoms with van der Waals surface area (Å²) in [7, 11) is 0. The molecule has 7 nitrogen and oxygen atoms in total. The van der Waals surface area contributed by atoms with Crippen LogP contribution in [0, 0.1) is 22.0 Å². The van der Waals surface area contributed by atoms with Crippen LogP contribution < -0.4 is 11.1 Å². The van der Waals surface area contributed by atoms with Crippen LogP contribution in [0.5, 0.6) is 0 Å². The molecule has 3 atom stereocenters. The molecule has 0 spiro atoms. The number of pyridine rings is 1. The van der Waals surface area contributed by atoms with E-state index in [0.717, 1.165) is 25.5 Å². The topological polar surface area (TPSA) is 111 Å². The molecular formula is C14H20N4O3. The zero-order chi connectivity index (χ0) is 15.6. The van der Waals surface area contributed by atoms with Gasteiger partial charge in [-0.15, -0.1) is 0 Å². The molecule has 1 fully saturated rings. The van der Waals surface area contributed by atoms with Crippen molar-refractivity contribution in [2.75, 3.05) is 5.73 Å². The number of aromatic nitrogens is 1.